The van der Waals surface area contributed by atoms with E-state index in [0.29, 0.717) is 13.0 Å². The molecule has 1 aliphatic rings. The van der Waals surface area contributed by atoms with Gasteiger partial charge in [0.05, 0.1) is 17.8 Å². The number of nitrogens with zero attached hydrogens (tertiary/aromatic N) is 3. The number of aromatic nitrogens is 2. The third-order valence-electron chi connectivity index (χ3n) is 3.67. The minimum absolute atomic E-state index is 0.0235. The number of nitrogens with one attached hydrogen (secondary N) is 1. The molecule has 2 aromatic rings. The van der Waals surface area contributed by atoms with E-state index in [1.165, 1.54) is 11.3 Å². The van der Waals surface area contributed by atoms with Crippen LogP contribution < -0.4 is 5.32 Å². The summed E-state index contributed by atoms with van der Waals surface area (Å²) in [5, 5.41) is 5.76. The van der Waals surface area contributed by atoms with Gasteiger partial charge in [-0.25, -0.2) is 4.98 Å². The van der Waals surface area contributed by atoms with Gasteiger partial charge in [0.1, 0.15) is 5.01 Å². The smallest absolute Gasteiger partial charge is 0.226 e. The molecule has 120 valence electrons. The van der Waals surface area contributed by atoms with Crippen molar-refractivity contribution in [1.29, 1.82) is 0 Å². The topological polar surface area (TPSA) is 58.1 Å². The Morgan fingerprint density at radius 1 is 1.35 bits per heavy atom. The second-order valence-electron chi connectivity index (χ2n) is 5.45. The summed E-state index contributed by atoms with van der Waals surface area (Å²) in [6.07, 6.45) is 7.56. The lowest BCUT2D eigenvalue weighted by atomic mass is 10.2. The zero-order valence-electron chi connectivity index (χ0n) is 12.9. The molecule has 0 saturated heterocycles. The molecule has 0 saturated carbocycles. The number of hydrogen-bond acceptors (Lipinski definition) is 5. The van der Waals surface area contributed by atoms with Gasteiger partial charge in [0.15, 0.2) is 0 Å². The standard InChI is InChI=1S/C17H20N4OS/c22-16(19-8-11-21-9-4-1-5-10-21)12-14-13-23-17(20-14)15-6-2-3-7-18-15/h1-4,6-7,13H,5,8-12H2,(H,19,22). The number of amides is 1. The Hall–Kier alpha value is -2.05. The van der Waals surface area contributed by atoms with Crippen molar-refractivity contribution in [1.82, 2.24) is 20.2 Å². The van der Waals surface area contributed by atoms with E-state index in [1.54, 1.807) is 6.20 Å². The fourth-order valence-corrected chi connectivity index (χ4v) is 3.26. The third-order valence-corrected chi connectivity index (χ3v) is 4.58. The normalized spacial score (nSPS) is 14.8. The maximum atomic E-state index is 12.0. The zero-order chi connectivity index (χ0) is 15.9. The molecule has 3 heterocycles. The largest absolute Gasteiger partial charge is 0.354 e. The Morgan fingerprint density at radius 3 is 3.09 bits per heavy atom. The average Bonchev–Trinajstić information content (AvgIpc) is 3.05. The van der Waals surface area contributed by atoms with Gasteiger partial charge in [0, 0.05) is 37.8 Å². The molecule has 0 fully saturated rings. The van der Waals surface area contributed by atoms with Crippen molar-refractivity contribution in [3.05, 3.63) is 47.6 Å². The SMILES string of the molecule is O=C(Cc1csc(-c2ccccn2)n1)NCCN1CC=CCC1. The fraction of sp³-hybridized carbons (Fsp3) is 0.353. The van der Waals surface area contributed by atoms with E-state index >= 15 is 0 Å². The van der Waals surface area contributed by atoms with Crippen LogP contribution in [0.5, 0.6) is 0 Å². The molecule has 6 heteroatoms. The first kappa shape index (κ1) is 15.8. The lowest BCUT2D eigenvalue weighted by Crippen LogP contribution is -2.37. The van der Waals surface area contributed by atoms with Crippen LogP contribution in [0.1, 0.15) is 12.1 Å². The summed E-state index contributed by atoms with van der Waals surface area (Å²) in [4.78, 5) is 23.1. The van der Waals surface area contributed by atoms with Gasteiger partial charge in [-0.15, -0.1) is 11.3 Å². The van der Waals surface area contributed by atoms with E-state index in [4.69, 9.17) is 0 Å². The van der Waals surface area contributed by atoms with Crippen molar-refractivity contribution in [2.24, 2.45) is 0 Å². The van der Waals surface area contributed by atoms with Crippen molar-refractivity contribution in [2.75, 3.05) is 26.2 Å². The van der Waals surface area contributed by atoms with Crippen molar-refractivity contribution < 1.29 is 4.79 Å². The van der Waals surface area contributed by atoms with Crippen LogP contribution in [-0.2, 0) is 11.2 Å². The van der Waals surface area contributed by atoms with Crippen molar-refractivity contribution in [3.8, 4) is 10.7 Å². The molecule has 23 heavy (non-hydrogen) atoms. The van der Waals surface area contributed by atoms with E-state index in [-0.39, 0.29) is 5.91 Å². The predicted molar refractivity (Wildman–Crippen MR) is 92.3 cm³/mol. The van der Waals surface area contributed by atoms with Crippen molar-refractivity contribution >= 4 is 17.2 Å². The minimum Gasteiger partial charge on any atom is -0.354 e. The van der Waals surface area contributed by atoms with E-state index < -0.39 is 0 Å². The number of thiazole rings is 1. The van der Waals surface area contributed by atoms with Gasteiger partial charge in [-0.1, -0.05) is 18.2 Å². The van der Waals surface area contributed by atoms with Crippen LogP contribution in [-0.4, -0.2) is 47.0 Å². The van der Waals surface area contributed by atoms with Gasteiger partial charge in [-0.3, -0.25) is 14.7 Å². The summed E-state index contributed by atoms with van der Waals surface area (Å²) in [7, 11) is 0. The van der Waals surface area contributed by atoms with Gasteiger partial charge in [0.25, 0.3) is 0 Å². The first-order valence-electron chi connectivity index (χ1n) is 7.81. The number of carbonyl (C=O) groups is 1. The first-order chi connectivity index (χ1) is 11.3. The Balaban J connectivity index is 1.45. The molecule has 0 radical (unpaired) electrons. The molecule has 0 bridgehead atoms. The number of rotatable bonds is 6. The summed E-state index contributed by atoms with van der Waals surface area (Å²) in [5.41, 5.74) is 1.65. The average molecular weight is 328 g/mol. The molecule has 3 rings (SSSR count). The molecule has 0 atom stereocenters. The highest BCUT2D eigenvalue weighted by Gasteiger charge is 2.10. The molecular formula is C17H20N4OS. The zero-order valence-corrected chi connectivity index (χ0v) is 13.8. The van der Waals surface area contributed by atoms with Gasteiger partial charge in [0.2, 0.25) is 5.91 Å². The van der Waals surface area contributed by atoms with Gasteiger partial charge in [-0.2, -0.15) is 0 Å². The van der Waals surface area contributed by atoms with Gasteiger partial charge < -0.3 is 5.32 Å². The Labute approximate surface area is 140 Å². The molecule has 0 aliphatic carbocycles. The highest BCUT2D eigenvalue weighted by atomic mass is 32.1. The minimum atomic E-state index is 0.0235. The van der Waals surface area contributed by atoms with E-state index in [1.807, 2.05) is 23.6 Å². The lowest BCUT2D eigenvalue weighted by molar-refractivity contribution is -0.120. The quantitative estimate of drug-likeness (QED) is 0.825. The summed E-state index contributed by atoms with van der Waals surface area (Å²) in [5.74, 6) is 0.0235. The predicted octanol–water partition coefficient (Wildman–Crippen LogP) is 2.13. The summed E-state index contributed by atoms with van der Waals surface area (Å²) in [6.45, 7) is 3.64. The second-order valence-corrected chi connectivity index (χ2v) is 6.30. The first-order valence-corrected chi connectivity index (χ1v) is 8.69. The van der Waals surface area contributed by atoms with Crippen LogP contribution in [0.25, 0.3) is 10.7 Å². The number of pyridine rings is 1. The molecule has 0 unspecified atom stereocenters. The summed E-state index contributed by atoms with van der Waals surface area (Å²) >= 11 is 1.52. The number of hydrogen-bond donors (Lipinski definition) is 1. The summed E-state index contributed by atoms with van der Waals surface area (Å²) in [6, 6.07) is 5.74. The molecule has 5 nitrogen and oxygen atoms in total. The van der Waals surface area contributed by atoms with E-state index in [9.17, 15) is 4.79 Å². The van der Waals surface area contributed by atoms with Crippen LogP contribution in [0.4, 0.5) is 0 Å². The van der Waals surface area contributed by atoms with Gasteiger partial charge >= 0.3 is 0 Å². The fourth-order valence-electron chi connectivity index (χ4n) is 2.47. The molecule has 0 spiro atoms. The Morgan fingerprint density at radius 2 is 2.30 bits per heavy atom. The monoisotopic (exact) mass is 328 g/mol. The maximum Gasteiger partial charge on any atom is 0.226 e. The van der Waals surface area contributed by atoms with Gasteiger partial charge in [-0.05, 0) is 18.6 Å². The van der Waals surface area contributed by atoms with E-state index in [0.717, 1.165) is 42.5 Å². The highest BCUT2D eigenvalue weighted by Crippen LogP contribution is 2.21. The Bertz CT molecular complexity index is 668. The van der Waals surface area contributed by atoms with Crippen LogP contribution in [0.3, 0.4) is 0 Å². The van der Waals surface area contributed by atoms with Crippen molar-refractivity contribution in [2.45, 2.75) is 12.8 Å². The highest BCUT2D eigenvalue weighted by molar-refractivity contribution is 7.13. The molecule has 1 amide bonds. The molecule has 2 aromatic heterocycles. The molecule has 1 N–H and O–H groups in total. The van der Waals surface area contributed by atoms with Crippen LogP contribution in [0, 0.1) is 0 Å². The lowest BCUT2D eigenvalue weighted by Gasteiger charge is -2.22. The molecule has 0 aromatic carbocycles. The van der Waals surface area contributed by atoms with E-state index in [2.05, 4.69) is 32.3 Å². The van der Waals surface area contributed by atoms with Crippen LogP contribution >= 0.6 is 11.3 Å². The van der Waals surface area contributed by atoms with Crippen molar-refractivity contribution in [3.63, 3.8) is 0 Å². The molecular weight excluding hydrogens is 308 g/mol. The maximum absolute atomic E-state index is 12.0. The number of carbonyl (C=O) groups excluding carboxylic acids is 1. The molecule has 1 aliphatic heterocycles. The van der Waals surface area contributed by atoms with Crippen LogP contribution in [0.15, 0.2) is 41.9 Å². The van der Waals surface area contributed by atoms with Crippen LogP contribution in [0.2, 0.25) is 0 Å². The third kappa shape index (κ3) is 4.71. The summed E-state index contributed by atoms with van der Waals surface area (Å²) < 4.78 is 0. The second kappa shape index (κ2) is 7.99. The Kier molecular flexibility index (Phi) is 5.50.